The fourth-order valence-electron chi connectivity index (χ4n) is 2.27. The minimum Gasteiger partial charge on any atom is -0.461 e. The van der Waals surface area contributed by atoms with E-state index in [9.17, 15) is 14.0 Å². The summed E-state index contributed by atoms with van der Waals surface area (Å²) >= 11 is 0. The van der Waals surface area contributed by atoms with Crippen LogP contribution in [0.4, 0.5) is 4.39 Å². The Morgan fingerprint density at radius 3 is 2.35 bits per heavy atom. The third-order valence-electron chi connectivity index (χ3n) is 3.40. The average molecular weight is 319 g/mol. The molecule has 0 saturated heterocycles. The Morgan fingerprint density at radius 1 is 1.09 bits per heavy atom. The third kappa shape index (κ3) is 3.77. The highest BCUT2D eigenvalue weighted by atomic mass is 19.1. The molecule has 0 aliphatic carbocycles. The third-order valence-corrected chi connectivity index (χ3v) is 3.40. The smallest absolute Gasteiger partial charge is 0.355 e. The molecule has 1 N–H and O–H groups in total. The Bertz CT molecular complexity index is 719. The number of benzene rings is 1. The first-order valence-electron chi connectivity index (χ1n) is 7.21. The molecule has 6 heteroatoms. The summed E-state index contributed by atoms with van der Waals surface area (Å²) in [5.41, 5.74) is 2.27. The summed E-state index contributed by atoms with van der Waals surface area (Å²) in [6.07, 6.45) is 0. The second-order valence-electron chi connectivity index (χ2n) is 5.05. The van der Waals surface area contributed by atoms with Crippen molar-refractivity contribution in [1.29, 1.82) is 0 Å². The van der Waals surface area contributed by atoms with Crippen LogP contribution >= 0.6 is 0 Å². The van der Waals surface area contributed by atoms with Gasteiger partial charge in [-0.3, -0.25) is 0 Å². The van der Waals surface area contributed by atoms with E-state index in [1.165, 1.54) is 12.1 Å². The number of rotatable bonds is 5. The zero-order valence-electron chi connectivity index (χ0n) is 13.2. The lowest BCUT2D eigenvalue weighted by molar-refractivity contribution is 0.0471. The maximum atomic E-state index is 12.8. The molecular formula is C17H18FNO4. The lowest BCUT2D eigenvalue weighted by atomic mass is 10.1. The summed E-state index contributed by atoms with van der Waals surface area (Å²) < 4.78 is 23.0. The number of H-pyrrole nitrogens is 1. The van der Waals surface area contributed by atoms with Gasteiger partial charge in [0.25, 0.3) is 0 Å². The van der Waals surface area contributed by atoms with Crippen LogP contribution in [0.2, 0.25) is 0 Å². The van der Waals surface area contributed by atoms with E-state index < -0.39 is 11.9 Å². The fourth-order valence-corrected chi connectivity index (χ4v) is 2.27. The van der Waals surface area contributed by atoms with E-state index in [1.54, 1.807) is 32.9 Å². The molecule has 2 rings (SSSR count). The van der Waals surface area contributed by atoms with Crippen molar-refractivity contribution < 1.29 is 23.5 Å². The molecule has 0 bridgehead atoms. The van der Waals surface area contributed by atoms with Crippen molar-refractivity contribution in [2.75, 3.05) is 6.61 Å². The zero-order chi connectivity index (χ0) is 17.0. The van der Waals surface area contributed by atoms with Gasteiger partial charge in [-0.1, -0.05) is 12.1 Å². The van der Waals surface area contributed by atoms with Gasteiger partial charge in [0.2, 0.25) is 0 Å². The Labute approximate surface area is 133 Å². The highest BCUT2D eigenvalue weighted by Crippen LogP contribution is 2.20. The van der Waals surface area contributed by atoms with Crippen molar-refractivity contribution in [2.24, 2.45) is 0 Å². The molecule has 2 aromatic rings. The molecule has 0 saturated carbocycles. The number of hydrogen-bond acceptors (Lipinski definition) is 4. The van der Waals surface area contributed by atoms with Gasteiger partial charge >= 0.3 is 11.9 Å². The maximum absolute atomic E-state index is 12.8. The van der Waals surface area contributed by atoms with E-state index in [0.29, 0.717) is 22.4 Å². The highest BCUT2D eigenvalue weighted by Gasteiger charge is 2.23. The Morgan fingerprint density at radius 2 is 1.74 bits per heavy atom. The van der Waals surface area contributed by atoms with E-state index in [0.717, 1.165) is 0 Å². The van der Waals surface area contributed by atoms with Gasteiger partial charge in [0.15, 0.2) is 0 Å². The van der Waals surface area contributed by atoms with Gasteiger partial charge in [0.05, 0.1) is 12.2 Å². The topological polar surface area (TPSA) is 68.4 Å². The minimum atomic E-state index is -0.545. The molecule has 0 atom stereocenters. The molecule has 122 valence electrons. The molecule has 1 aromatic carbocycles. The van der Waals surface area contributed by atoms with Crippen LogP contribution in [0.15, 0.2) is 24.3 Å². The average Bonchev–Trinajstić information content (AvgIpc) is 2.82. The summed E-state index contributed by atoms with van der Waals surface area (Å²) in [6, 6.07) is 5.69. The van der Waals surface area contributed by atoms with Crippen LogP contribution in [0.1, 0.15) is 44.6 Å². The molecule has 0 aliphatic heterocycles. The van der Waals surface area contributed by atoms with Gasteiger partial charge in [-0.05, 0) is 44.0 Å². The lowest BCUT2D eigenvalue weighted by Crippen LogP contribution is -2.09. The number of nitrogens with one attached hydrogen (secondary N) is 1. The van der Waals surface area contributed by atoms with Crippen molar-refractivity contribution in [2.45, 2.75) is 27.4 Å². The van der Waals surface area contributed by atoms with Crippen LogP contribution in [-0.4, -0.2) is 23.5 Å². The first kappa shape index (κ1) is 16.7. The van der Waals surface area contributed by atoms with Crippen molar-refractivity contribution in [1.82, 2.24) is 4.98 Å². The molecule has 1 heterocycles. The first-order valence-corrected chi connectivity index (χ1v) is 7.21. The predicted molar refractivity (Wildman–Crippen MR) is 81.7 cm³/mol. The largest absolute Gasteiger partial charge is 0.461 e. The summed E-state index contributed by atoms with van der Waals surface area (Å²) in [6.45, 7) is 5.33. The van der Waals surface area contributed by atoms with Crippen LogP contribution in [-0.2, 0) is 16.1 Å². The van der Waals surface area contributed by atoms with E-state index in [-0.39, 0.29) is 24.7 Å². The standard InChI is InChI=1S/C17H18FNO4/c1-4-22-17(21)15-10(2)14(11(3)19-15)16(20)23-9-12-5-7-13(18)8-6-12/h5-8,19H,4,9H2,1-3H3. The van der Waals surface area contributed by atoms with Crippen LogP contribution in [0.5, 0.6) is 0 Å². The van der Waals surface area contributed by atoms with E-state index in [4.69, 9.17) is 9.47 Å². The van der Waals surface area contributed by atoms with Gasteiger partial charge in [0, 0.05) is 5.69 Å². The summed E-state index contributed by atoms with van der Waals surface area (Å²) in [7, 11) is 0. The number of halogens is 1. The number of aryl methyl sites for hydroxylation is 1. The van der Waals surface area contributed by atoms with Crippen LogP contribution in [0.3, 0.4) is 0 Å². The maximum Gasteiger partial charge on any atom is 0.355 e. The van der Waals surface area contributed by atoms with Gasteiger partial charge in [-0.2, -0.15) is 0 Å². The molecule has 5 nitrogen and oxygen atoms in total. The molecule has 0 fully saturated rings. The van der Waals surface area contributed by atoms with E-state index in [2.05, 4.69) is 4.98 Å². The Hall–Kier alpha value is -2.63. The predicted octanol–water partition coefficient (Wildman–Crippen LogP) is 3.30. The molecule has 0 radical (unpaired) electrons. The normalized spacial score (nSPS) is 10.4. The van der Waals surface area contributed by atoms with Gasteiger partial charge in [0.1, 0.15) is 18.1 Å². The molecular weight excluding hydrogens is 301 g/mol. The van der Waals surface area contributed by atoms with Crippen molar-refractivity contribution >= 4 is 11.9 Å². The Kier molecular flexibility index (Phi) is 5.16. The SMILES string of the molecule is CCOC(=O)c1[nH]c(C)c(C(=O)OCc2ccc(F)cc2)c1C. The quantitative estimate of drug-likeness (QED) is 0.859. The van der Waals surface area contributed by atoms with Crippen molar-refractivity contribution in [3.63, 3.8) is 0 Å². The summed E-state index contributed by atoms with van der Waals surface area (Å²) in [5.74, 6) is -1.40. The first-order chi connectivity index (χ1) is 10.9. The number of carbonyl (C=O) groups excluding carboxylic acids is 2. The molecule has 0 aliphatic rings. The fraction of sp³-hybridized carbons (Fsp3) is 0.294. The second-order valence-corrected chi connectivity index (χ2v) is 5.05. The molecule has 0 spiro atoms. The monoisotopic (exact) mass is 319 g/mol. The number of ether oxygens (including phenoxy) is 2. The number of hydrogen-bond donors (Lipinski definition) is 1. The molecule has 0 amide bonds. The highest BCUT2D eigenvalue weighted by molar-refractivity contribution is 5.98. The molecule has 1 aromatic heterocycles. The zero-order valence-corrected chi connectivity index (χ0v) is 13.2. The van der Waals surface area contributed by atoms with Gasteiger partial charge in [-0.25, -0.2) is 14.0 Å². The van der Waals surface area contributed by atoms with Crippen molar-refractivity contribution in [3.8, 4) is 0 Å². The van der Waals surface area contributed by atoms with Crippen LogP contribution < -0.4 is 0 Å². The van der Waals surface area contributed by atoms with E-state index in [1.807, 2.05) is 0 Å². The minimum absolute atomic E-state index is 0.0257. The second kappa shape index (κ2) is 7.09. The number of aromatic amines is 1. The Balaban J connectivity index is 2.13. The number of esters is 2. The van der Waals surface area contributed by atoms with E-state index >= 15 is 0 Å². The van der Waals surface area contributed by atoms with Crippen LogP contribution in [0, 0.1) is 19.7 Å². The van der Waals surface area contributed by atoms with Crippen LogP contribution in [0.25, 0.3) is 0 Å². The summed E-state index contributed by atoms with van der Waals surface area (Å²) in [5, 5.41) is 0. The number of aromatic nitrogens is 1. The van der Waals surface area contributed by atoms with Gasteiger partial charge in [-0.15, -0.1) is 0 Å². The van der Waals surface area contributed by atoms with Gasteiger partial charge < -0.3 is 14.5 Å². The van der Waals surface area contributed by atoms with Crippen molar-refractivity contribution in [3.05, 3.63) is 58.2 Å². The molecule has 0 unspecified atom stereocenters. The lowest BCUT2D eigenvalue weighted by Gasteiger charge is -2.06. The number of carbonyl (C=O) groups is 2. The summed E-state index contributed by atoms with van der Waals surface area (Å²) in [4.78, 5) is 26.9. The molecule has 23 heavy (non-hydrogen) atoms.